The SMILES string of the molecule is C#CC(C(=O)O)c1ccccc1. The van der Waals surface area contributed by atoms with E-state index in [2.05, 4.69) is 5.92 Å². The first-order valence-corrected chi connectivity index (χ1v) is 3.49. The Morgan fingerprint density at radius 3 is 2.42 bits per heavy atom. The van der Waals surface area contributed by atoms with Crippen LogP contribution in [0.1, 0.15) is 11.5 Å². The lowest BCUT2D eigenvalue weighted by molar-refractivity contribution is -0.137. The van der Waals surface area contributed by atoms with Crippen LogP contribution in [0.25, 0.3) is 0 Å². The van der Waals surface area contributed by atoms with Gasteiger partial charge in [0.25, 0.3) is 0 Å². The van der Waals surface area contributed by atoms with Crippen molar-refractivity contribution in [2.24, 2.45) is 0 Å². The predicted octanol–water partition coefficient (Wildman–Crippen LogP) is 1.49. The first kappa shape index (κ1) is 8.35. The van der Waals surface area contributed by atoms with Gasteiger partial charge in [0.05, 0.1) is 0 Å². The quantitative estimate of drug-likeness (QED) is 0.665. The van der Waals surface area contributed by atoms with E-state index < -0.39 is 11.9 Å². The van der Waals surface area contributed by atoms with Gasteiger partial charge < -0.3 is 5.11 Å². The highest BCUT2D eigenvalue weighted by Crippen LogP contribution is 2.13. The molecular weight excluding hydrogens is 152 g/mol. The molecule has 0 heterocycles. The summed E-state index contributed by atoms with van der Waals surface area (Å²) in [5, 5.41) is 8.68. The molecule has 0 aromatic heterocycles. The molecule has 0 radical (unpaired) electrons. The Balaban J connectivity index is 2.98. The standard InChI is InChI=1S/C10H8O2/c1-2-9(10(11)12)8-6-4-3-5-7-8/h1,3-7,9H,(H,11,12). The van der Waals surface area contributed by atoms with Crippen LogP contribution in [0.3, 0.4) is 0 Å². The van der Waals surface area contributed by atoms with Gasteiger partial charge in [0.15, 0.2) is 0 Å². The lowest BCUT2D eigenvalue weighted by atomic mass is 10.0. The second kappa shape index (κ2) is 3.59. The highest BCUT2D eigenvalue weighted by atomic mass is 16.4. The number of hydrogen-bond donors (Lipinski definition) is 1. The summed E-state index contributed by atoms with van der Waals surface area (Å²) in [6.45, 7) is 0. The van der Waals surface area contributed by atoms with Crippen LogP contribution in [0.15, 0.2) is 30.3 Å². The molecule has 0 aliphatic rings. The molecular formula is C10H8O2. The molecule has 1 aromatic carbocycles. The third-order valence-corrected chi connectivity index (χ3v) is 1.55. The summed E-state index contributed by atoms with van der Waals surface area (Å²) < 4.78 is 0. The van der Waals surface area contributed by atoms with Crippen molar-refractivity contribution < 1.29 is 9.90 Å². The van der Waals surface area contributed by atoms with E-state index in [4.69, 9.17) is 11.5 Å². The molecule has 1 atom stereocenters. The van der Waals surface area contributed by atoms with Gasteiger partial charge in [0.1, 0.15) is 5.92 Å². The molecule has 0 fully saturated rings. The first-order valence-electron chi connectivity index (χ1n) is 3.49. The fourth-order valence-corrected chi connectivity index (χ4v) is 0.956. The van der Waals surface area contributed by atoms with Crippen molar-refractivity contribution >= 4 is 5.97 Å². The van der Waals surface area contributed by atoms with Gasteiger partial charge in [-0.2, -0.15) is 0 Å². The zero-order valence-corrected chi connectivity index (χ0v) is 6.40. The minimum Gasteiger partial charge on any atom is -0.480 e. The zero-order valence-electron chi connectivity index (χ0n) is 6.40. The van der Waals surface area contributed by atoms with Crippen LogP contribution in [0, 0.1) is 12.3 Å². The fourth-order valence-electron chi connectivity index (χ4n) is 0.956. The number of hydrogen-bond acceptors (Lipinski definition) is 1. The molecule has 1 unspecified atom stereocenters. The molecule has 1 N–H and O–H groups in total. The highest BCUT2D eigenvalue weighted by Gasteiger charge is 2.15. The van der Waals surface area contributed by atoms with E-state index >= 15 is 0 Å². The van der Waals surface area contributed by atoms with Crippen LogP contribution in [0.4, 0.5) is 0 Å². The predicted molar refractivity (Wildman–Crippen MR) is 45.7 cm³/mol. The van der Waals surface area contributed by atoms with Crippen molar-refractivity contribution in [1.29, 1.82) is 0 Å². The fraction of sp³-hybridized carbons (Fsp3) is 0.100. The molecule has 0 aliphatic heterocycles. The average molecular weight is 160 g/mol. The Bertz CT molecular complexity index is 308. The van der Waals surface area contributed by atoms with Gasteiger partial charge in [0, 0.05) is 0 Å². The monoisotopic (exact) mass is 160 g/mol. The van der Waals surface area contributed by atoms with E-state index in [0.717, 1.165) is 0 Å². The van der Waals surface area contributed by atoms with Gasteiger partial charge in [0.2, 0.25) is 0 Å². The van der Waals surface area contributed by atoms with Gasteiger partial charge in [-0.25, -0.2) is 0 Å². The van der Waals surface area contributed by atoms with Crippen molar-refractivity contribution in [2.75, 3.05) is 0 Å². The van der Waals surface area contributed by atoms with Gasteiger partial charge in [-0.3, -0.25) is 4.79 Å². The zero-order chi connectivity index (χ0) is 8.97. The van der Waals surface area contributed by atoms with Crippen LogP contribution in [0.2, 0.25) is 0 Å². The van der Waals surface area contributed by atoms with Crippen LogP contribution < -0.4 is 0 Å². The van der Waals surface area contributed by atoms with Crippen LogP contribution >= 0.6 is 0 Å². The number of benzene rings is 1. The molecule has 0 saturated carbocycles. The van der Waals surface area contributed by atoms with Crippen LogP contribution in [-0.4, -0.2) is 11.1 Å². The molecule has 60 valence electrons. The van der Waals surface area contributed by atoms with Crippen molar-refractivity contribution in [3.05, 3.63) is 35.9 Å². The molecule has 1 aromatic rings. The number of aliphatic carboxylic acids is 1. The molecule has 12 heavy (non-hydrogen) atoms. The smallest absolute Gasteiger partial charge is 0.323 e. The third-order valence-electron chi connectivity index (χ3n) is 1.55. The number of rotatable bonds is 2. The van der Waals surface area contributed by atoms with Crippen molar-refractivity contribution in [2.45, 2.75) is 5.92 Å². The topological polar surface area (TPSA) is 37.3 Å². The largest absolute Gasteiger partial charge is 0.480 e. The van der Waals surface area contributed by atoms with E-state index in [1.54, 1.807) is 24.3 Å². The summed E-state index contributed by atoms with van der Waals surface area (Å²) in [7, 11) is 0. The minimum atomic E-state index is -0.983. The number of terminal acetylenes is 1. The van der Waals surface area contributed by atoms with E-state index in [9.17, 15) is 4.79 Å². The number of carboxylic acid groups (broad SMARTS) is 1. The number of carboxylic acids is 1. The Labute approximate surface area is 70.8 Å². The molecule has 0 bridgehead atoms. The number of carbonyl (C=O) groups is 1. The second-order valence-electron chi connectivity index (χ2n) is 2.35. The lowest BCUT2D eigenvalue weighted by Gasteiger charge is -2.03. The van der Waals surface area contributed by atoms with Gasteiger partial charge in [-0.1, -0.05) is 36.3 Å². The minimum absolute atomic E-state index is 0.646. The average Bonchev–Trinajstić information content (AvgIpc) is 2.07. The summed E-state index contributed by atoms with van der Waals surface area (Å²) in [5.74, 6) is 0.408. The summed E-state index contributed by atoms with van der Waals surface area (Å²) in [6.07, 6.45) is 5.07. The summed E-state index contributed by atoms with van der Waals surface area (Å²) >= 11 is 0. The molecule has 0 spiro atoms. The maximum Gasteiger partial charge on any atom is 0.323 e. The maximum atomic E-state index is 10.6. The van der Waals surface area contributed by atoms with E-state index in [-0.39, 0.29) is 0 Å². The molecule has 0 aliphatic carbocycles. The van der Waals surface area contributed by atoms with Crippen LogP contribution in [0.5, 0.6) is 0 Å². The second-order valence-corrected chi connectivity index (χ2v) is 2.35. The molecule has 2 heteroatoms. The Morgan fingerprint density at radius 2 is 2.00 bits per heavy atom. The van der Waals surface area contributed by atoms with E-state index in [1.807, 2.05) is 6.07 Å². The van der Waals surface area contributed by atoms with Crippen molar-refractivity contribution in [3.63, 3.8) is 0 Å². The van der Waals surface area contributed by atoms with Gasteiger partial charge in [-0.05, 0) is 5.56 Å². The first-order chi connectivity index (χ1) is 5.75. The third kappa shape index (κ3) is 1.64. The van der Waals surface area contributed by atoms with Gasteiger partial charge >= 0.3 is 5.97 Å². The van der Waals surface area contributed by atoms with E-state index in [0.29, 0.717) is 5.56 Å². The lowest BCUT2D eigenvalue weighted by Crippen LogP contribution is -2.08. The highest BCUT2D eigenvalue weighted by molar-refractivity contribution is 5.79. The maximum absolute atomic E-state index is 10.6. The summed E-state index contributed by atoms with van der Waals surface area (Å²) in [6, 6.07) is 8.77. The molecule has 2 nitrogen and oxygen atoms in total. The molecule has 0 amide bonds. The van der Waals surface area contributed by atoms with Crippen LogP contribution in [-0.2, 0) is 4.79 Å². The summed E-state index contributed by atoms with van der Waals surface area (Å²) in [5.41, 5.74) is 0.646. The molecule has 0 saturated heterocycles. The van der Waals surface area contributed by atoms with Gasteiger partial charge in [-0.15, -0.1) is 6.42 Å². The van der Waals surface area contributed by atoms with E-state index in [1.165, 1.54) is 0 Å². The van der Waals surface area contributed by atoms with Crippen molar-refractivity contribution in [3.8, 4) is 12.3 Å². The van der Waals surface area contributed by atoms with Crippen molar-refractivity contribution in [1.82, 2.24) is 0 Å². The Kier molecular flexibility index (Phi) is 2.49. The normalized spacial score (nSPS) is 11.6. The molecule has 1 rings (SSSR count). The Morgan fingerprint density at radius 1 is 1.42 bits per heavy atom. The Hall–Kier alpha value is -1.75. The summed E-state index contributed by atoms with van der Waals surface area (Å²) in [4.78, 5) is 10.6.